The van der Waals surface area contributed by atoms with Gasteiger partial charge in [0, 0.05) is 16.6 Å². The zero-order valence-electron chi connectivity index (χ0n) is 8.58. The number of fused-ring (bicyclic) bond motifs is 1. The molecule has 1 aromatic carbocycles. The average Bonchev–Trinajstić information content (AvgIpc) is 2.59. The van der Waals surface area contributed by atoms with Gasteiger partial charge in [-0.15, -0.1) is 0 Å². The molecule has 1 amide bonds. The largest absolute Gasteiger partial charge is 0.375 e. The number of amides is 1. The van der Waals surface area contributed by atoms with Crippen LogP contribution in [0.25, 0.3) is 10.2 Å². The van der Waals surface area contributed by atoms with Gasteiger partial charge in [0.05, 0.1) is 10.2 Å². The van der Waals surface area contributed by atoms with Gasteiger partial charge in [0.2, 0.25) is 5.91 Å². The van der Waals surface area contributed by atoms with Crippen molar-refractivity contribution in [1.29, 1.82) is 0 Å². The van der Waals surface area contributed by atoms with E-state index in [4.69, 9.17) is 5.73 Å². The Hall–Kier alpha value is -1.14. The van der Waals surface area contributed by atoms with Crippen LogP contribution >= 0.6 is 27.3 Å². The van der Waals surface area contributed by atoms with E-state index in [1.165, 1.54) is 11.3 Å². The number of benzene rings is 1. The van der Waals surface area contributed by atoms with Crippen molar-refractivity contribution < 1.29 is 4.79 Å². The molecule has 0 saturated heterocycles. The fourth-order valence-electron chi connectivity index (χ4n) is 1.33. The maximum atomic E-state index is 11.3. The summed E-state index contributed by atoms with van der Waals surface area (Å²) in [6.07, 6.45) is 0.459. The van der Waals surface area contributed by atoms with E-state index < -0.39 is 0 Å². The highest BCUT2D eigenvalue weighted by Gasteiger charge is 2.08. The minimum Gasteiger partial charge on any atom is -0.375 e. The lowest BCUT2D eigenvalue weighted by Crippen LogP contribution is -2.09. The molecule has 0 bridgehead atoms. The number of nitrogens with two attached hydrogens (primary N) is 1. The Labute approximate surface area is 105 Å². The van der Waals surface area contributed by atoms with Crippen LogP contribution in [0.2, 0.25) is 0 Å². The van der Waals surface area contributed by atoms with E-state index in [1.807, 2.05) is 19.1 Å². The van der Waals surface area contributed by atoms with Crippen molar-refractivity contribution in [3.63, 3.8) is 0 Å². The minimum absolute atomic E-state index is 0.0104. The van der Waals surface area contributed by atoms with Crippen LogP contribution in [0.3, 0.4) is 0 Å². The van der Waals surface area contributed by atoms with Crippen LogP contribution in [-0.4, -0.2) is 10.9 Å². The molecule has 0 saturated carbocycles. The van der Waals surface area contributed by atoms with Crippen LogP contribution in [0.1, 0.15) is 13.3 Å². The van der Waals surface area contributed by atoms with Crippen LogP contribution in [-0.2, 0) is 4.79 Å². The Bertz CT molecular complexity index is 552. The van der Waals surface area contributed by atoms with Crippen LogP contribution < -0.4 is 11.1 Å². The van der Waals surface area contributed by atoms with Gasteiger partial charge in [-0.2, -0.15) is 0 Å². The number of thiazole rings is 1. The van der Waals surface area contributed by atoms with Crippen LogP contribution in [0.5, 0.6) is 0 Å². The van der Waals surface area contributed by atoms with Crippen molar-refractivity contribution in [2.24, 2.45) is 0 Å². The predicted octanol–water partition coefficient (Wildman–Crippen LogP) is 2.99. The zero-order chi connectivity index (χ0) is 11.7. The lowest BCUT2D eigenvalue weighted by molar-refractivity contribution is -0.115. The van der Waals surface area contributed by atoms with Gasteiger partial charge in [0.25, 0.3) is 0 Å². The first-order valence-electron chi connectivity index (χ1n) is 4.75. The van der Waals surface area contributed by atoms with Gasteiger partial charge in [0.15, 0.2) is 5.13 Å². The van der Waals surface area contributed by atoms with Gasteiger partial charge >= 0.3 is 0 Å². The predicted molar refractivity (Wildman–Crippen MR) is 70.7 cm³/mol. The molecule has 3 N–H and O–H groups in total. The number of nitrogen functional groups attached to an aromatic ring is 1. The summed E-state index contributed by atoms with van der Waals surface area (Å²) >= 11 is 4.81. The molecule has 0 radical (unpaired) electrons. The van der Waals surface area contributed by atoms with Crippen LogP contribution in [0.4, 0.5) is 10.8 Å². The van der Waals surface area contributed by atoms with Crippen molar-refractivity contribution >= 4 is 54.2 Å². The maximum Gasteiger partial charge on any atom is 0.224 e. The molecule has 1 aromatic heterocycles. The van der Waals surface area contributed by atoms with Gasteiger partial charge in [-0.1, -0.05) is 18.3 Å². The summed E-state index contributed by atoms with van der Waals surface area (Å²) in [6, 6.07) is 3.71. The van der Waals surface area contributed by atoms with Gasteiger partial charge in [0.1, 0.15) is 0 Å². The SMILES string of the molecule is CCC(=O)Nc1cc(Br)c2nc(N)sc2c1. The lowest BCUT2D eigenvalue weighted by atomic mass is 10.3. The van der Waals surface area contributed by atoms with E-state index in [0.717, 1.165) is 20.4 Å². The smallest absolute Gasteiger partial charge is 0.224 e. The second kappa shape index (κ2) is 4.39. The number of nitrogens with one attached hydrogen (secondary N) is 1. The number of rotatable bonds is 2. The first-order chi connectivity index (χ1) is 7.60. The third-order valence-electron chi connectivity index (χ3n) is 2.07. The number of anilines is 2. The lowest BCUT2D eigenvalue weighted by Gasteiger charge is -2.04. The summed E-state index contributed by atoms with van der Waals surface area (Å²) in [5.41, 5.74) is 7.23. The summed E-state index contributed by atoms with van der Waals surface area (Å²) in [5, 5.41) is 3.33. The summed E-state index contributed by atoms with van der Waals surface area (Å²) in [4.78, 5) is 15.5. The summed E-state index contributed by atoms with van der Waals surface area (Å²) < 4.78 is 1.79. The zero-order valence-corrected chi connectivity index (χ0v) is 11.0. The minimum atomic E-state index is -0.0104. The topological polar surface area (TPSA) is 68.0 Å². The summed E-state index contributed by atoms with van der Waals surface area (Å²) in [7, 11) is 0. The fraction of sp³-hybridized carbons (Fsp3) is 0.200. The molecule has 1 heterocycles. The number of hydrogen-bond donors (Lipinski definition) is 2. The monoisotopic (exact) mass is 299 g/mol. The molecule has 0 aliphatic rings. The number of carbonyl (C=O) groups excluding carboxylic acids is 1. The number of halogens is 1. The molecular formula is C10H10BrN3OS. The molecule has 0 spiro atoms. The highest BCUT2D eigenvalue weighted by molar-refractivity contribution is 9.10. The molecule has 0 fully saturated rings. The van der Waals surface area contributed by atoms with Crippen molar-refractivity contribution in [3.05, 3.63) is 16.6 Å². The Kier molecular flexibility index (Phi) is 3.11. The molecule has 2 rings (SSSR count). The third kappa shape index (κ3) is 2.17. The number of hydrogen-bond acceptors (Lipinski definition) is 4. The Morgan fingerprint density at radius 2 is 2.38 bits per heavy atom. The number of aromatic nitrogens is 1. The number of nitrogens with zero attached hydrogens (tertiary/aromatic N) is 1. The van der Waals surface area contributed by atoms with E-state index in [1.54, 1.807) is 0 Å². The molecule has 0 atom stereocenters. The highest BCUT2D eigenvalue weighted by Crippen LogP contribution is 2.32. The van der Waals surface area contributed by atoms with E-state index in [-0.39, 0.29) is 5.91 Å². The first-order valence-corrected chi connectivity index (χ1v) is 6.36. The molecule has 84 valence electrons. The molecule has 2 aromatic rings. The van der Waals surface area contributed by atoms with Crippen molar-refractivity contribution in [3.8, 4) is 0 Å². The Morgan fingerprint density at radius 1 is 1.62 bits per heavy atom. The summed E-state index contributed by atoms with van der Waals surface area (Å²) in [6.45, 7) is 1.81. The van der Waals surface area contributed by atoms with Crippen LogP contribution in [0, 0.1) is 0 Å². The average molecular weight is 300 g/mol. The molecule has 6 heteroatoms. The molecule has 0 unspecified atom stereocenters. The van der Waals surface area contributed by atoms with Crippen LogP contribution in [0.15, 0.2) is 16.6 Å². The maximum absolute atomic E-state index is 11.3. The van der Waals surface area contributed by atoms with Gasteiger partial charge in [-0.3, -0.25) is 4.79 Å². The normalized spacial score (nSPS) is 10.6. The molecule has 0 aliphatic carbocycles. The fourth-order valence-corrected chi connectivity index (χ4v) is 2.81. The second-order valence-electron chi connectivity index (χ2n) is 3.26. The Morgan fingerprint density at radius 3 is 3.06 bits per heavy atom. The second-order valence-corrected chi connectivity index (χ2v) is 5.18. The van der Waals surface area contributed by atoms with Crippen molar-refractivity contribution in [2.75, 3.05) is 11.1 Å². The Balaban J connectivity index is 2.45. The molecular weight excluding hydrogens is 290 g/mol. The van der Waals surface area contributed by atoms with E-state index in [0.29, 0.717) is 11.6 Å². The van der Waals surface area contributed by atoms with Crippen molar-refractivity contribution in [2.45, 2.75) is 13.3 Å². The highest BCUT2D eigenvalue weighted by atomic mass is 79.9. The van der Waals surface area contributed by atoms with E-state index in [2.05, 4.69) is 26.2 Å². The van der Waals surface area contributed by atoms with Gasteiger partial charge < -0.3 is 11.1 Å². The standard InChI is InChI=1S/C10H10BrN3OS/c1-2-8(15)13-5-3-6(11)9-7(4-5)16-10(12)14-9/h3-4H,2H2,1H3,(H2,12,14)(H,13,15). The summed E-state index contributed by atoms with van der Waals surface area (Å²) in [5.74, 6) is -0.0104. The van der Waals surface area contributed by atoms with Crippen molar-refractivity contribution in [1.82, 2.24) is 4.98 Å². The molecule has 0 aliphatic heterocycles. The quantitative estimate of drug-likeness (QED) is 0.896. The van der Waals surface area contributed by atoms with E-state index >= 15 is 0 Å². The third-order valence-corrected chi connectivity index (χ3v) is 3.51. The van der Waals surface area contributed by atoms with Gasteiger partial charge in [-0.25, -0.2) is 4.98 Å². The van der Waals surface area contributed by atoms with E-state index in [9.17, 15) is 4.79 Å². The first kappa shape index (κ1) is 11.3. The molecule has 4 nitrogen and oxygen atoms in total. The van der Waals surface area contributed by atoms with Gasteiger partial charge in [-0.05, 0) is 28.1 Å². The molecule has 16 heavy (non-hydrogen) atoms. The number of carbonyl (C=O) groups is 1.